The number of hydrogen-bond acceptors (Lipinski definition) is 4. The van der Waals surface area contributed by atoms with E-state index in [0.29, 0.717) is 11.4 Å². The second-order valence-electron chi connectivity index (χ2n) is 4.97. The van der Waals surface area contributed by atoms with E-state index in [1.165, 1.54) is 0 Å². The third-order valence-electron chi connectivity index (χ3n) is 3.13. The first kappa shape index (κ1) is 16.8. The Morgan fingerprint density at radius 2 is 1.91 bits per heavy atom. The second kappa shape index (κ2) is 7.65. The number of nitrogens with two attached hydrogens (primary N) is 1. The predicted molar refractivity (Wildman–Crippen MR) is 89.9 cm³/mol. The summed E-state index contributed by atoms with van der Waals surface area (Å²) >= 11 is 6.01. The number of nitrogens with zero attached hydrogens (tertiary/aromatic N) is 1. The average Bonchev–Trinajstić information content (AvgIpc) is 2.53. The van der Waals surface area contributed by atoms with Crippen LogP contribution in [0.1, 0.15) is 21.5 Å². The van der Waals surface area contributed by atoms with E-state index in [4.69, 9.17) is 26.9 Å². The Morgan fingerprint density at radius 3 is 2.52 bits per heavy atom. The molecule has 2 N–H and O–H groups in total. The maximum Gasteiger partial charge on any atom is 0.367 e. The Kier molecular flexibility index (Phi) is 5.60. The van der Waals surface area contributed by atoms with Crippen molar-refractivity contribution in [1.82, 2.24) is 0 Å². The van der Waals surface area contributed by atoms with Gasteiger partial charge in [0.1, 0.15) is 11.6 Å². The van der Waals surface area contributed by atoms with E-state index in [9.17, 15) is 4.79 Å². The molecule has 0 unspecified atom stereocenters. The molecular weight excluding hydrogens is 316 g/mol. The van der Waals surface area contributed by atoms with Crippen LogP contribution in [0, 0.1) is 6.92 Å². The minimum Gasteiger partial charge on any atom is -0.497 e. The molecule has 0 atom stereocenters. The van der Waals surface area contributed by atoms with Crippen LogP contribution in [0.15, 0.2) is 47.6 Å². The summed E-state index contributed by atoms with van der Waals surface area (Å²) in [6, 6.07) is 12.4. The monoisotopic (exact) mass is 332 g/mol. The number of carbonyl (C=O) groups is 1. The Morgan fingerprint density at radius 1 is 1.22 bits per heavy atom. The van der Waals surface area contributed by atoms with E-state index in [1.807, 2.05) is 31.2 Å². The van der Waals surface area contributed by atoms with E-state index in [0.717, 1.165) is 16.9 Å². The quantitative estimate of drug-likeness (QED) is 0.394. The molecule has 0 fully saturated rings. The third-order valence-corrected chi connectivity index (χ3v) is 3.45. The average molecular weight is 333 g/mol. The molecule has 6 heteroatoms. The normalized spacial score (nSPS) is 11.2. The van der Waals surface area contributed by atoms with Crippen molar-refractivity contribution in [2.75, 3.05) is 7.11 Å². The minimum absolute atomic E-state index is 0.187. The molecule has 0 amide bonds. The maximum absolute atomic E-state index is 11.9. The van der Waals surface area contributed by atoms with Crippen LogP contribution in [0.4, 0.5) is 0 Å². The van der Waals surface area contributed by atoms with Crippen molar-refractivity contribution in [1.29, 1.82) is 0 Å². The Labute approximate surface area is 139 Å². The van der Waals surface area contributed by atoms with Crippen LogP contribution >= 0.6 is 11.6 Å². The van der Waals surface area contributed by atoms with Gasteiger partial charge >= 0.3 is 5.97 Å². The number of rotatable bonds is 5. The summed E-state index contributed by atoms with van der Waals surface area (Å²) in [5, 5.41) is 3.98. The van der Waals surface area contributed by atoms with Gasteiger partial charge in [-0.2, -0.15) is 0 Å². The smallest absolute Gasteiger partial charge is 0.367 e. The highest BCUT2D eigenvalue weighted by molar-refractivity contribution is 6.33. The minimum atomic E-state index is -0.646. The van der Waals surface area contributed by atoms with Crippen molar-refractivity contribution in [3.8, 4) is 5.75 Å². The van der Waals surface area contributed by atoms with Crippen molar-refractivity contribution < 1.29 is 14.4 Å². The fourth-order valence-corrected chi connectivity index (χ4v) is 2.23. The molecule has 0 heterocycles. The number of methoxy groups -OCH3 is 1. The van der Waals surface area contributed by atoms with Crippen LogP contribution in [0.3, 0.4) is 0 Å². The number of benzene rings is 2. The van der Waals surface area contributed by atoms with Gasteiger partial charge in [0.15, 0.2) is 0 Å². The summed E-state index contributed by atoms with van der Waals surface area (Å²) in [4.78, 5) is 16.8. The van der Waals surface area contributed by atoms with Crippen molar-refractivity contribution >= 4 is 23.4 Å². The molecule has 0 bridgehead atoms. The van der Waals surface area contributed by atoms with Gasteiger partial charge in [0.2, 0.25) is 0 Å². The first-order valence-corrected chi connectivity index (χ1v) is 7.30. The molecule has 120 valence electrons. The van der Waals surface area contributed by atoms with Gasteiger partial charge in [-0.15, -0.1) is 0 Å². The van der Waals surface area contributed by atoms with Gasteiger partial charge in [0, 0.05) is 6.42 Å². The molecule has 2 aromatic carbocycles. The lowest BCUT2D eigenvalue weighted by Crippen LogP contribution is -2.16. The lowest BCUT2D eigenvalue weighted by Gasteiger charge is -2.04. The van der Waals surface area contributed by atoms with E-state index in [-0.39, 0.29) is 11.4 Å². The summed E-state index contributed by atoms with van der Waals surface area (Å²) < 4.78 is 5.08. The molecule has 0 aliphatic rings. The van der Waals surface area contributed by atoms with Gasteiger partial charge < -0.3 is 15.3 Å². The molecule has 0 saturated carbocycles. The van der Waals surface area contributed by atoms with Crippen LogP contribution in [-0.4, -0.2) is 18.9 Å². The molecule has 0 aliphatic carbocycles. The first-order chi connectivity index (χ1) is 11.0. The van der Waals surface area contributed by atoms with Gasteiger partial charge in [-0.25, -0.2) is 4.79 Å². The number of amidine groups is 1. The summed E-state index contributed by atoms with van der Waals surface area (Å²) in [6.07, 6.45) is 0.360. The van der Waals surface area contributed by atoms with Gasteiger partial charge in [-0.3, -0.25) is 0 Å². The fourth-order valence-electron chi connectivity index (χ4n) is 1.92. The van der Waals surface area contributed by atoms with Crippen LogP contribution < -0.4 is 10.5 Å². The van der Waals surface area contributed by atoms with E-state index in [1.54, 1.807) is 25.3 Å². The van der Waals surface area contributed by atoms with Crippen LogP contribution in [0.2, 0.25) is 5.02 Å². The van der Waals surface area contributed by atoms with Crippen LogP contribution in [-0.2, 0) is 11.3 Å². The highest BCUT2D eigenvalue weighted by atomic mass is 35.5. The Hall–Kier alpha value is -2.53. The van der Waals surface area contributed by atoms with Crippen molar-refractivity contribution in [2.24, 2.45) is 10.9 Å². The zero-order valence-corrected chi connectivity index (χ0v) is 13.6. The summed E-state index contributed by atoms with van der Waals surface area (Å²) in [6.45, 7) is 1.88. The van der Waals surface area contributed by atoms with Gasteiger partial charge in [0.25, 0.3) is 0 Å². The maximum atomic E-state index is 11.9. The van der Waals surface area contributed by atoms with Crippen molar-refractivity contribution in [2.45, 2.75) is 13.3 Å². The Balaban J connectivity index is 1.99. The molecule has 0 saturated heterocycles. The number of ether oxygens (including phenoxy) is 1. The standard InChI is InChI=1S/C17H17ClN2O3/c1-11-3-8-14(15(18)9-11)17(21)23-20-16(19)10-12-4-6-13(22-2)7-5-12/h3-9H,10H2,1-2H3,(H2,19,20). The van der Waals surface area contributed by atoms with E-state index < -0.39 is 5.97 Å². The largest absolute Gasteiger partial charge is 0.497 e. The SMILES string of the molecule is COc1ccc(C/C(N)=N\OC(=O)c2ccc(C)cc2Cl)cc1. The highest BCUT2D eigenvalue weighted by Gasteiger charge is 2.12. The zero-order chi connectivity index (χ0) is 16.8. The summed E-state index contributed by atoms with van der Waals surface area (Å²) in [5.74, 6) is 0.295. The molecule has 5 nitrogen and oxygen atoms in total. The number of oxime groups is 1. The van der Waals surface area contributed by atoms with Crippen LogP contribution in [0.5, 0.6) is 5.75 Å². The van der Waals surface area contributed by atoms with E-state index >= 15 is 0 Å². The van der Waals surface area contributed by atoms with Crippen molar-refractivity contribution in [3.63, 3.8) is 0 Å². The zero-order valence-electron chi connectivity index (χ0n) is 12.9. The lowest BCUT2D eigenvalue weighted by atomic mass is 10.1. The number of hydrogen-bond donors (Lipinski definition) is 1. The first-order valence-electron chi connectivity index (χ1n) is 6.92. The molecule has 2 rings (SSSR count). The number of aryl methyl sites for hydroxylation is 1. The molecule has 0 spiro atoms. The van der Waals surface area contributed by atoms with Gasteiger partial charge in [-0.05, 0) is 42.3 Å². The number of halogens is 1. The fraction of sp³-hybridized carbons (Fsp3) is 0.176. The van der Waals surface area contributed by atoms with E-state index in [2.05, 4.69) is 5.16 Å². The molecule has 0 radical (unpaired) electrons. The van der Waals surface area contributed by atoms with Gasteiger partial charge in [0.05, 0.1) is 17.7 Å². The van der Waals surface area contributed by atoms with Crippen LogP contribution in [0.25, 0.3) is 0 Å². The second-order valence-corrected chi connectivity index (χ2v) is 5.38. The van der Waals surface area contributed by atoms with Gasteiger partial charge in [-0.1, -0.05) is 35.0 Å². The third kappa shape index (κ3) is 4.72. The lowest BCUT2D eigenvalue weighted by molar-refractivity contribution is 0.0515. The molecule has 2 aromatic rings. The summed E-state index contributed by atoms with van der Waals surface area (Å²) in [5.41, 5.74) is 7.90. The Bertz CT molecular complexity index is 727. The molecule has 23 heavy (non-hydrogen) atoms. The molecule has 0 aromatic heterocycles. The topological polar surface area (TPSA) is 73.9 Å². The number of carbonyl (C=O) groups excluding carboxylic acids is 1. The van der Waals surface area contributed by atoms with Crippen molar-refractivity contribution in [3.05, 3.63) is 64.2 Å². The molecule has 0 aliphatic heterocycles. The predicted octanol–water partition coefficient (Wildman–Crippen LogP) is 3.33. The highest BCUT2D eigenvalue weighted by Crippen LogP contribution is 2.18. The molecular formula is C17H17ClN2O3. The summed E-state index contributed by atoms with van der Waals surface area (Å²) in [7, 11) is 1.60.